The number of carbonyl (C=O) groups excluding carboxylic acids is 1. The summed E-state index contributed by atoms with van der Waals surface area (Å²) in [6, 6.07) is 16.1. The maximum absolute atomic E-state index is 11.9. The fourth-order valence-corrected chi connectivity index (χ4v) is 2.85. The van der Waals surface area contributed by atoms with Crippen molar-refractivity contribution in [2.24, 2.45) is 5.10 Å². The molecule has 0 atom stereocenters. The van der Waals surface area contributed by atoms with E-state index in [9.17, 15) is 4.79 Å². The third-order valence-electron chi connectivity index (χ3n) is 4.23. The fraction of sp³-hybridized carbons (Fsp3) is 0.364. The molecule has 1 amide bonds. The number of nitrogens with zero attached hydrogens (tertiary/aromatic N) is 2. The van der Waals surface area contributed by atoms with Crippen LogP contribution >= 0.6 is 0 Å². The molecule has 144 valence electrons. The fourth-order valence-electron chi connectivity index (χ4n) is 2.85. The Morgan fingerprint density at radius 1 is 1.04 bits per heavy atom. The number of amides is 1. The average molecular weight is 367 g/mol. The molecule has 0 aliphatic carbocycles. The van der Waals surface area contributed by atoms with Crippen LogP contribution in [0.2, 0.25) is 0 Å². The van der Waals surface area contributed by atoms with Gasteiger partial charge in [0.15, 0.2) is 0 Å². The van der Waals surface area contributed by atoms with E-state index in [4.69, 9.17) is 0 Å². The van der Waals surface area contributed by atoms with E-state index in [1.54, 1.807) is 6.21 Å². The van der Waals surface area contributed by atoms with Gasteiger partial charge < -0.3 is 10.2 Å². The number of hydrazone groups is 1. The van der Waals surface area contributed by atoms with Crippen LogP contribution in [0.5, 0.6) is 0 Å². The molecule has 0 saturated heterocycles. The molecule has 2 N–H and O–H groups in total. The van der Waals surface area contributed by atoms with Gasteiger partial charge >= 0.3 is 0 Å². The van der Waals surface area contributed by atoms with Crippen LogP contribution in [0.25, 0.3) is 0 Å². The third kappa shape index (κ3) is 6.77. The van der Waals surface area contributed by atoms with Crippen molar-refractivity contribution in [1.29, 1.82) is 0 Å². The van der Waals surface area contributed by atoms with Gasteiger partial charge in [-0.25, -0.2) is 5.43 Å². The van der Waals surface area contributed by atoms with Crippen LogP contribution in [0.15, 0.2) is 53.6 Å². The first-order valence-corrected chi connectivity index (χ1v) is 9.60. The average Bonchev–Trinajstić information content (AvgIpc) is 2.68. The second kappa shape index (κ2) is 11.0. The summed E-state index contributed by atoms with van der Waals surface area (Å²) in [6.07, 6.45) is 3.93. The maximum atomic E-state index is 11.9. The second-order valence-electron chi connectivity index (χ2n) is 6.54. The molecule has 5 nitrogen and oxygen atoms in total. The summed E-state index contributed by atoms with van der Waals surface area (Å²) in [7, 11) is 0. The van der Waals surface area contributed by atoms with Gasteiger partial charge in [0.1, 0.15) is 0 Å². The highest BCUT2D eigenvalue weighted by Gasteiger charge is 2.04. The smallest absolute Gasteiger partial charge is 0.259 e. The van der Waals surface area contributed by atoms with E-state index in [1.165, 1.54) is 5.69 Å². The van der Waals surface area contributed by atoms with Crippen molar-refractivity contribution in [2.45, 2.75) is 33.6 Å². The number of para-hydroxylation sites is 1. The molecule has 0 aliphatic rings. The van der Waals surface area contributed by atoms with E-state index in [-0.39, 0.29) is 12.5 Å². The molecule has 2 aromatic rings. The molecular weight excluding hydrogens is 336 g/mol. The summed E-state index contributed by atoms with van der Waals surface area (Å²) in [5.74, 6) is -0.178. The first kappa shape index (κ1) is 20.5. The summed E-state index contributed by atoms with van der Waals surface area (Å²) in [5.41, 5.74) is 6.80. The van der Waals surface area contributed by atoms with E-state index >= 15 is 0 Å². The summed E-state index contributed by atoms with van der Waals surface area (Å²) in [5, 5.41) is 7.16. The van der Waals surface area contributed by atoms with E-state index in [0.29, 0.717) is 0 Å². The minimum absolute atomic E-state index is 0.178. The summed E-state index contributed by atoms with van der Waals surface area (Å²) >= 11 is 0. The molecule has 0 bridgehead atoms. The lowest BCUT2D eigenvalue weighted by atomic mass is 10.2. The molecule has 0 spiro atoms. The van der Waals surface area contributed by atoms with Crippen LogP contribution < -0.4 is 15.6 Å². The van der Waals surface area contributed by atoms with Crippen molar-refractivity contribution in [2.75, 3.05) is 29.9 Å². The van der Waals surface area contributed by atoms with Crippen molar-refractivity contribution in [1.82, 2.24) is 5.43 Å². The highest BCUT2D eigenvalue weighted by molar-refractivity contribution is 5.84. The van der Waals surface area contributed by atoms with Gasteiger partial charge in [-0.05, 0) is 49.1 Å². The largest absolute Gasteiger partial charge is 0.376 e. The van der Waals surface area contributed by atoms with Gasteiger partial charge in [-0.3, -0.25) is 4.79 Å². The van der Waals surface area contributed by atoms with Gasteiger partial charge in [0.25, 0.3) is 5.91 Å². The predicted molar refractivity (Wildman–Crippen MR) is 115 cm³/mol. The van der Waals surface area contributed by atoms with Crippen LogP contribution in [-0.4, -0.2) is 31.8 Å². The molecule has 0 saturated carbocycles. The number of benzene rings is 2. The van der Waals surface area contributed by atoms with Crippen LogP contribution in [0, 0.1) is 6.92 Å². The first-order valence-electron chi connectivity index (χ1n) is 9.60. The standard InChI is InChI=1S/C22H30N4O/c1-4-14-26(15-5-2)20-12-10-19(11-13-20)16-24-25-22(27)17-23-21-9-7-6-8-18(21)3/h6-13,16,23H,4-5,14-15,17H2,1-3H3,(H,25,27)/b24-16+. The van der Waals surface area contributed by atoms with E-state index in [0.717, 1.165) is 42.7 Å². The highest BCUT2D eigenvalue weighted by Crippen LogP contribution is 2.15. The Morgan fingerprint density at radius 3 is 2.33 bits per heavy atom. The number of hydrogen-bond donors (Lipinski definition) is 2. The first-order chi connectivity index (χ1) is 13.1. The van der Waals surface area contributed by atoms with Crippen LogP contribution in [-0.2, 0) is 4.79 Å². The molecule has 0 aliphatic heterocycles. The zero-order chi connectivity index (χ0) is 19.5. The van der Waals surface area contributed by atoms with E-state index < -0.39 is 0 Å². The van der Waals surface area contributed by atoms with Crippen molar-refractivity contribution < 1.29 is 4.79 Å². The molecule has 2 rings (SSSR count). The van der Waals surface area contributed by atoms with Gasteiger partial charge in [-0.15, -0.1) is 0 Å². The third-order valence-corrected chi connectivity index (χ3v) is 4.23. The highest BCUT2D eigenvalue weighted by atomic mass is 16.2. The molecule has 0 heterocycles. The van der Waals surface area contributed by atoms with Gasteiger partial charge in [0.2, 0.25) is 0 Å². The molecule has 0 radical (unpaired) electrons. The van der Waals surface area contributed by atoms with Crippen molar-refractivity contribution in [3.8, 4) is 0 Å². The molecule has 0 aromatic heterocycles. The Morgan fingerprint density at radius 2 is 1.70 bits per heavy atom. The van der Waals surface area contributed by atoms with Gasteiger partial charge in [-0.2, -0.15) is 5.10 Å². The summed E-state index contributed by atoms with van der Waals surface area (Å²) < 4.78 is 0. The zero-order valence-corrected chi connectivity index (χ0v) is 16.5. The number of anilines is 2. The predicted octanol–water partition coefficient (Wildman–Crippen LogP) is 4.18. The lowest BCUT2D eigenvalue weighted by Crippen LogP contribution is -2.26. The van der Waals surface area contributed by atoms with Crippen molar-refractivity contribution in [3.63, 3.8) is 0 Å². The van der Waals surface area contributed by atoms with Crippen LogP contribution in [0.4, 0.5) is 11.4 Å². The van der Waals surface area contributed by atoms with Crippen molar-refractivity contribution >= 4 is 23.5 Å². The molecule has 2 aromatic carbocycles. The van der Waals surface area contributed by atoms with Crippen LogP contribution in [0.1, 0.15) is 37.8 Å². The SMILES string of the molecule is CCCN(CCC)c1ccc(/C=N/NC(=O)CNc2ccccc2C)cc1. The van der Waals surface area contributed by atoms with Gasteiger partial charge in [0.05, 0.1) is 12.8 Å². The van der Waals surface area contributed by atoms with E-state index in [2.05, 4.69) is 46.7 Å². The van der Waals surface area contributed by atoms with Crippen molar-refractivity contribution in [3.05, 3.63) is 59.7 Å². The number of carbonyl (C=O) groups is 1. The van der Waals surface area contributed by atoms with E-state index in [1.807, 2.05) is 43.3 Å². The molecule has 27 heavy (non-hydrogen) atoms. The molecule has 0 fully saturated rings. The minimum Gasteiger partial charge on any atom is -0.376 e. The normalized spacial score (nSPS) is 10.8. The lowest BCUT2D eigenvalue weighted by molar-refractivity contribution is -0.119. The number of rotatable bonds is 10. The minimum atomic E-state index is -0.178. The summed E-state index contributed by atoms with van der Waals surface area (Å²) in [4.78, 5) is 14.3. The molecular formula is C22H30N4O. The number of nitrogens with one attached hydrogen (secondary N) is 2. The lowest BCUT2D eigenvalue weighted by Gasteiger charge is -2.23. The molecule has 0 unspecified atom stereocenters. The Kier molecular flexibility index (Phi) is 8.36. The summed E-state index contributed by atoms with van der Waals surface area (Å²) in [6.45, 7) is 8.70. The monoisotopic (exact) mass is 366 g/mol. The molecule has 5 heteroatoms. The second-order valence-corrected chi connectivity index (χ2v) is 6.54. The number of hydrogen-bond acceptors (Lipinski definition) is 4. The quantitative estimate of drug-likeness (QED) is 0.490. The van der Waals surface area contributed by atoms with Gasteiger partial charge in [0, 0.05) is 24.5 Å². The Labute approximate surface area is 162 Å². The Bertz CT molecular complexity index is 734. The zero-order valence-electron chi connectivity index (χ0n) is 16.5. The Balaban J connectivity index is 1.83. The Hall–Kier alpha value is -2.82. The number of aryl methyl sites for hydroxylation is 1. The topological polar surface area (TPSA) is 56.7 Å². The maximum Gasteiger partial charge on any atom is 0.259 e. The van der Waals surface area contributed by atoms with Gasteiger partial charge in [-0.1, -0.05) is 44.2 Å². The van der Waals surface area contributed by atoms with Crippen LogP contribution in [0.3, 0.4) is 0 Å².